The number of esters is 1. The van der Waals surface area contributed by atoms with Crippen LogP contribution in [0, 0.1) is 0 Å². The van der Waals surface area contributed by atoms with Gasteiger partial charge in [0, 0.05) is 12.8 Å². The van der Waals surface area contributed by atoms with Gasteiger partial charge in [-0.1, -0.05) is 331 Å². The van der Waals surface area contributed by atoms with Gasteiger partial charge in [0.1, 0.15) is 19.3 Å². The maximum atomic E-state index is 13.6. The molecule has 0 fully saturated rings. The zero-order valence-corrected chi connectivity index (χ0v) is 61.7. The molecule has 2 N–H and O–H groups in total. The van der Waals surface area contributed by atoms with Crippen LogP contribution >= 0.6 is 7.82 Å². The van der Waals surface area contributed by atoms with Gasteiger partial charge in [0.25, 0.3) is 0 Å². The molecule has 3 unspecified atom stereocenters. The summed E-state index contributed by atoms with van der Waals surface area (Å²) in [5.74, 6) is -0.497. The van der Waals surface area contributed by atoms with Gasteiger partial charge in [-0.2, -0.15) is 0 Å². The van der Waals surface area contributed by atoms with E-state index in [4.69, 9.17) is 13.8 Å². The Hall–Kier alpha value is -2.81. The van der Waals surface area contributed by atoms with Crippen LogP contribution in [0.2, 0.25) is 0 Å². The van der Waals surface area contributed by atoms with E-state index in [1.165, 1.54) is 250 Å². The van der Waals surface area contributed by atoms with Crippen molar-refractivity contribution in [3.63, 3.8) is 0 Å². The Labute approximate surface area is 565 Å². The van der Waals surface area contributed by atoms with Crippen molar-refractivity contribution in [2.45, 2.75) is 380 Å². The number of phosphoric acid groups is 1. The topological polar surface area (TPSA) is 111 Å². The van der Waals surface area contributed by atoms with Crippen molar-refractivity contribution in [1.29, 1.82) is 0 Å². The second kappa shape index (κ2) is 70.0. The highest BCUT2D eigenvalue weighted by Crippen LogP contribution is 2.43. The highest BCUT2D eigenvalue weighted by Gasteiger charge is 2.30. The lowest BCUT2D eigenvalue weighted by molar-refractivity contribution is -0.870. The average Bonchev–Trinajstić information content (AvgIpc) is 3.03. The first-order valence-corrected chi connectivity index (χ1v) is 40.4. The molecule has 9 nitrogen and oxygen atoms in total. The van der Waals surface area contributed by atoms with Gasteiger partial charge in [0.05, 0.1) is 33.8 Å². The van der Waals surface area contributed by atoms with Gasteiger partial charge in [-0.15, -0.1) is 0 Å². The fourth-order valence-corrected chi connectivity index (χ4v) is 12.0. The molecular weight excluding hydrogens is 1140 g/mol. The zero-order valence-electron chi connectivity index (χ0n) is 60.8. The molecular formula is C81H150N2O7P+. The number of amides is 1. The van der Waals surface area contributed by atoms with Gasteiger partial charge in [-0.25, -0.2) is 4.57 Å². The van der Waals surface area contributed by atoms with Crippen LogP contribution in [0.5, 0.6) is 0 Å². The predicted octanol–water partition coefficient (Wildman–Crippen LogP) is 25.2. The third-order valence-corrected chi connectivity index (χ3v) is 18.3. The number of nitrogens with zero attached hydrogens (tertiary/aromatic N) is 1. The molecule has 0 bridgehead atoms. The van der Waals surface area contributed by atoms with Crippen molar-refractivity contribution in [3.05, 3.63) is 85.1 Å². The molecule has 0 aromatic rings. The number of nitrogens with one attached hydrogen (secondary N) is 1. The van der Waals surface area contributed by atoms with Crippen LogP contribution in [0.25, 0.3) is 0 Å². The number of carbonyl (C=O) groups is 2. The third kappa shape index (κ3) is 71.3. The van der Waals surface area contributed by atoms with Crippen molar-refractivity contribution < 1.29 is 37.3 Å². The molecule has 1 amide bonds. The van der Waals surface area contributed by atoms with E-state index in [0.29, 0.717) is 17.4 Å². The van der Waals surface area contributed by atoms with Crippen molar-refractivity contribution in [1.82, 2.24) is 5.32 Å². The first kappa shape index (κ1) is 88.2. The monoisotopic (exact) mass is 1290 g/mol. The molecule has 3 atom stereocenters. The molecule has 0 aliphatic heterocycles. The maximum Gasteiger partial charge on any atom is 0.472 e. The number of phosphoric ester groups is 1. The number of unbranched alkanes of at least 4 members (excludes halogenated alkanes) is 43. The largest absolute Gasteiger partial charge is 0.472 e. The lowest BCUT2D eigenvalue weighted by Crippen LogP contribution is -2.47. The Balaban J connectivity index is 4.90. The standard InChI is InChI=1S/C81H149N2O7P/c1-7-10-13-16-19-22-25-27-29-31-33-35-37-39-41-43-45-47-49-51-53-55-58-61-64-67-70-73-80(84)82-78(77-89-91(86,87)88-76-75-83(4,5)6)79(72-69-66-63-60-57-24-21-18-15-12-9-3)90-81(85)74-71-68-65-62-59-56-54-52-50-48-46-44-42-40-38-36-34-32-30-28-26-23-20-17-14-11-8-2/h19-20,22-23,27-30,34,36,40,42,69,72,78-79H,7-18,21,24-26,31-33,35,37-39,41,43-68,70-71,73-77H2,1-6H3,(H-,82,84,86,87)/p+1/b22-19-,23-20-,29-27-,30-28-,36-34-,42-40-,72-69+. The van der Waals surface area contributed by atoms with Gasteiger partial charge in [-0.05, 0) is 109 Å². The van der Waals surface area contributed by atoms with Crippen LogP contribution in [0.1, 0.15) is 367 Å². The quantitative estimate of drug-likeness (QED) is 0.0205. The maximum absolute atomic E-state index is 13.6. The summed E-state index contributed by atoms with van der Waals surface area (Å²) in [5, 5.41) is 3.08. The van der Waals surface area contributed by atoms with Crippen LogP contribution in [0.15, 0.2) is 85.1 Å². The molecule has 0 saturated heterocycles. The molecule has 0 radical (unpaired) electrons. The van der Waals surface area contributed by atoms with Gasteiger partial charge in [0.2, 0.25) is 5.91 Å². The fourth-order valence-electron chi connectivity index (χ4n) is 11.3. The van der Waals surface area contributed by atoms with Crippen LogP contribution in [0.3, 0.4) is 0 Å². The molecule has 91 heavy (non-hydrogen) atoms. The number of likely N-dealkylation sites (N-methyl/N-ethyl adjacent to an activating group) is 1. The van der Waals surface area contributed by atoms with E-state index in [-0.39, 0.29) is 31.5 Å². The summed E-state index contributed by atoms with van der Waals surface area (Å²) in [6.07, 6.45) is 94.7. The Morgan fingerprint density at radius 1 is 0.385 bits per heavy atom. The van der Waals surface area contributed by atoms with Crippen LogP contribution in [-0.4, -0.2) is 74.3 Å². The molecule has 0 rings (SSSR count). The van der Waals surface area contributed by atoms with Gasteiger partial charge < -0.3 is 19.4 Å². The Morgan fingerprint density at radius 2 is 0.670 bits per heavy atom. The molecule has 0 aliphatic rings. The molecule has 0 aromatic heterocycles. The first-order chi connectivity index (χ1) is 44.4. The molecule has 0 heterocycles. The summed E-state index contributed by atoms with van der Waals surface area (Å²) in [7, 11) is 1.50. The van der Waals surface area contributed by atoms with Crippen molar-refractivity contribution >= 4 is 19.7 Å². The molecule has 0 aromatic carbocycles. The fraction of sp³-hybridized carbons (Fsp3) is 0.802. The summed E-state index contributed by atoms with van der Waals surface area (Å²) in [6, 6.07) is -0.853. The SMILES string of the molecule is CCCCC/C=C\C/C=C\C/C=C\C/C=C\CCCCCCCCCCCCCC(=O)OC(/C=C/CCCCCCCCCCC)C(COP(=O)(O)OCC[N+](C)(C)C)NC(=O)CCCCCCCCCCCCCCCCCCC/C=C\C/C=C\CCCCC. The molecule has 0 spiro atoms. The summed E-state index contributed by atoms with van der Waals surface area (Å²) in [6.45, 7) is 7.00. The van der Waals surface area contributed by atoms with Crippen molar-refractivity contribution in [2.24, 2.45) is 0 Å². The molecule has 530 valence electrons. The van der Waals surface area contributed by atoms with Gasteiger partial charge in [-0.3, -0.25) is 18.6 Å². The second-order valence-corrected chi connectivity index (χ2v) is 29.0. The summed E-state index contributed by atoms with van der Waals surface area (Å²) in [5.41, 5.74) is 0. The Bertz CT molecular complexity index is 1830. The number of hydrogen-bond donors (Lipinski definition) is 2. The summed E-state index contributed by atoms with van der Waals surface area (Å²) >= 11 is 0. The lowest BCUT2D eigenvalue weighted by Gasteiger charge is -2.27. The minimum absolute atomic E-state index is 0.0387. The third-order valence-electron chi connectivity index (χ3n) is 17.3. The highest BCUT2D eigenvalue weighted by atomic mass is 31.2. The summed E-state index contributed by atoms with van der Waals surface area (Å²) in [4.78, 5) is 38.0. The van der Waals surface area contributed by atoms with E-state index in [9.17, 15) is 19.0 Å². The van der Waals surface area contributed by atoms with E-state index in [0.717, 1.165) is 83.5 Å². The number of rotatable bonds is 71. The van der Waals surface area contributed by atoms with Gasteiger partial charge in [0.15, 0.2) is 0 Å². The number of ether oxygens (including phenoxy) is 1. The van der Waals surface area contributed by atoms with E-state index in [1.807, 2.05) is 33.3 Å². The molecule has 0 aliphatic carbocycles. The van der Waals surface area contributed by atoms with Crippen molar-refractivity contribution in [2.75, 3.05) is 40.9 Å². The molecule has 10 heteroatoms. The molecule has 0 saturated carbocycles. The normalized spacial score (nSPS) is 13.9. The van der Waals surface area contributed by atoms with E-state index in [2.05, 4.69) is 99.0 Å². The minimum atomic E-state index is -4.46. The average molecular weight is 1300 g/mol. The number of allylic oxidation sites excluding steroid dienone is 13. The van der Waals surface area contributed by atoms with E-state index >= 15 is 0 Å². The second-order valence-electron chi connectivity index (χ2n) is 27.5. The number of hydrogen-bond acceptors (Lipinski definition) is 6. The predicted molar refractivity (Wildman–Crippen MR) is 397 cm³/mol. The number of quaternary nitrogens is 1. The number of carbonyl (C=O) groups excluding carboxylic acids is 2. The van der Waals surface area contributed by atoms with Gasteiger partial charge >= 0.3 is 13.8 Å². The highest BCUT2D eigenvalue weighted by molar-refractivity contribution is 7.47. The zero-order chi connectivity index (χ0) is 66.3. The van der Waals surface area contributed by atoms with E-state index in [1.54, 1.807) is 0 Å². The van der Waals surface area contributed by atoms with Crippen LogP contribution in [-0.2, 0) is 27.9 Å². The van der Waals surface area contributed by atoms with E-state index < -0.39 is 20.0 Å². The summed E-state index contributed by atoms with van der Waals surface area (Å²) < 4.78 is 30.9. The Morgan fingerprint density at radius 3 is 1.02 bits per heavy atom. The first-order valence-electron chi connectivity index (χ1n) is 38.9. The smallest absolute Gasteiger partial charge is 0.456 e. The Kier molecular flexibility index (Phi) is 67.8. The van der Waals surface area contributed by atoms with Crippen LogP contribution < -0.4 is 5.32 Å². The van der Waals surface area contributed by atoms with Crippen LogP contribution in [0.4, 0.5) is 0 Å². The lowest BCUT2D eigenvalue weighted by atomic mass is 10.0. The van der Waals surface area contributed by atoms with Crippen molar-refractivity contribution in [3.8, 4) is 0 Å². The minimum Gasteiger partial charge on any atom is -0.456 e.